The number of aliphatic carboxylic acids is 1. The smallest absolute Gasteiger partial charge is 0.224 e. The third kappa shape index (κ3) is 3.40. The topological polar surface area (TPSA) is 73.7 Å². The SMILES string of the molecule is O=C(NC1CC[NH+](Cc2ccccc2)CC1)[C@@H]1[C@@H](C(=O)[O-])[C@H]2C=C[C@@H]1C2. The van der Waals surface area contributed by atoms with Gasteiger partial charge in [-0.3, -0.25) is 4.79 Å². The first-order valence-electron chi connectivity index (χ1n) is 9.69. The molecule has 5 nitrogen and oxygen atoms in total. The zero-order chi connectivity index (χ0) is 18.1. The monoisotopic (exact) mass is 354 g/mol. The molecule has 1 saturated carbocycles. The minimum Gasteiger partial charge on any atom is -0.550 e. The molecule has 4 atom stereocenters. The Morgan fingerprint density at radius 3 is 2.35 bits per heavy atom. The molecule has 0 spiro atoms. The van der Waals surface area contributed by atoms with E-state index in [4.69, 9.17) is 0 Å². The van der Waals surface area contributed by atoms with Crippen molar-refractivity contribution in [3.05, 3.63) is 48.0 Å². The Balaban J connectivity index is 1.30. The molecular formula is C21H26N2O3. The average molecular weight is 354 g/mol. The Kier molecular flexibility index (Phi) is 4.81. The van der Waals surface area contributed by atoms with Crippen LogP contribution in [0.2, 0.25) is 0 Å². The maximum absolute atomic E-state index is 12.7. The lowest BCUT2D eigenvalue weighted by molar-refractivity contribution is -0.918. The molecule has 1 heterocycles. The second-order valence-corrected chi connectivity index (χ2v) is 8.01. The van der Waals surface area contributed by atoms with Crippen molar-refractivity contribution in [2.45, 2.75) is 31.8 Å². The molecule has 0 unspecified atom stereocenters. The van der Waals surface area contributed by atoms with Crippen molar-refractivity contribution in [1.82, 2.24) is 5.32 Å². The van der Waals surface area contributed by atoms with Gasteiger partial charge in [-0.25, -0.2) is 0 Å². The Morgan fingerprint density at radius 2 is 1.69 bits per heavy atom. The van der Waals surface area contributed by atoms with E-state index in [-0.39, 0.29) is 23.8 Å². The fraction of sp³-hybridized carbons (Fsp3) is 0.524. The van der Waals surface area contributed by atoms with Crippen LogP contribution in [0.25, 0.3) is 0 Å². The molecule has 2 bridgehead atoms. The zero-order valence-electron chi connectivity index (χ0n) is 14.9. The highest BCUT2D eigenvalue weighted by Gasteiger charge is 2.49. The maximum Gasteiger partial charge on any atom is 0.224 e. The third-order valence-corrected chi connectivity index (χ3v) is 6.37. The van der Waals surface area contributed by atoms with E-state index in [0.717, 1.165) is 38.9 Å². The van der Waals surface area contributed by atoms with Gasteiger partial charge in [-0.05, 0) is 18.3 Å². The predicted molar refractivity (Wildman–Crippen MR) is 94.7 cm³/mol. The minimum absolute atomic E-state index is 0.0297. The molecule has 3 aliphatic rings. The number of amides is 1. The molecule has 1 aromatic rings. The van der Waals surface area contributed by atoms with Crippen molar-refractivity contribution in [2.75, 3.05) is 13.1 Å². The van der Waals surface area contributed by atoms with Crippen LogP contribution in [-0.2, 0) is 16.1 Å². The summed E-state index contributed by atoms with van der Waals surface area (Å²) in [7, 11) is 0. The molecule has 138 valence electrons. The lowest BCUT2D eigenvalue weighted by atomic mass is 9.82. The first kappa shape index (κ1) is 17.3. The highest BCUT2D eigenvalue weighted by atomic mass is 16.4. The summed E-state index contributed by atoms with van der Waals surface area (Å²) in [5, 5.41) is 14.6. The molecule has 0 aromatic heterocycles. The van der Waals surface area contributed by atoms with Gasteiger partial charge in [-0.1, -0.05) is 42.5 Å². The zero-order valence-corrected chi connectivity index (χ0v) is 14.9. The number of quaternary nitrogens is 1. The summed E-state index contributed by atoms with van der Waals surface area (Å²) in [4.78, 5) is 25.8. The fourth-order valence-electron chi connectivity index (χ4n) is 5.03. The summed E-state index contributed by atoms with van der Waals surface area (Å²) >= 11 is 0. The van der Waals surface area contributed by atoms with Crippen molar-refractivity contribution in [2.24, 2.45) is 23.7 Å². The molecule has 4 rings (SSSR count). The number of allylic oxidation sites excluding steroid dienone is 2. The van der Waals surface area contributed by atoms with Gasteiger partial charge in [0, 0.05) is 36.3 Å². The summed E-state index contributed by atoms with van der Waals surface area (Å²) in [5.41, 5.74) is 1.34. The van der Waals surface area contributed by atoms with Crippen LogP contribution in [-0.4, -0.2) is 31.0 Å². The van der Waals surface area contributed by atoms with Gasteiger partial charge in [0.05, 0.1) is 19.0 Å². The highest BCUT2D eigenvalue weighted by molar-refractivity contribution is 5.86. The first-order chi connectivity index (χ1) is 12.6. The molecule has 5 heteroatoms. The van der Waals surface area contributed by atoms with Gasteiger partial charge >= 0.3 is 0 Å². The summed E-state index contributed by atoms with van der Waals surface area (Å²) < 4.78 is 0. The second-order valence-electron chi connectivity index (χ2n) is 8.01. The molecule has 2 aliphatic carbocycles. The number of carbonyl (C=O) groups is 2. The second kappa shape index (κ2) is 7.23. The van der Waals surface area contributed by atoms with Gasteiger partial charge in [-0.2, -0.15) is 0 Å². The van der Waals surface area contributed by atoms with E-state index in [9.17, 15) is 14.7 Å². The Labute approximate surface area is 154 Å². The maximum atomic E-state index is 12.7. The lowest BCUT2D eigenvalue weighted by Gasteiger charge is -2.33. The first-order valence-corrected chi connectivity index (χ1v) is 9.69. The van der Waals surface area contributed by atoms with Crippen LogP contribution in [0, 0.1) is 23.7 Å². The number of likely N-dealkylation sites (tertiary alicyclic amines) is 1. The van der Waals surface area contributed by atoms with Crippen molar-refractivity contribution in [1.29, 1.82) is 0 Å². The molecule has 0 radical (unpaired) electrons. The molecule has 26 heavy (non-hydrogen) atoms. The van der Waals surface area contributed by atoms with Gasteiger partial charge in [0.25, 0.3) is 0 Å². The summed E-state index contributed by atoms with van der Waals surface area (Å²) in [6.45, 7) is 3.08. The van der Waals surface area contributed by atoms with Gasteiger partial charge in [-0.15, -0.1) is 0 Å². The number of carboxylic acid groups (broad SMARTS) is 1. The van der Waals surface area contributed by atoms with Gasteiger partial charge in [0.2, 0.25) is 5.91 Å². The average Bonchev–Trinajstić information content (AvgIpc) is 3.25. The number of carboxylic acids is 1. The van der Waals surface area contributed by atoms with E-state index in [0.29, 0.717) is 0 Å². The van der Waals surface area contributed by atoms with Crippen LogP contribution in [0.15, 0.2) is 42.5 Å². The van der Waals surface area contributed by atoms with Crippen LogP contribution in [0.5, 0.6) is 0 Å². The number of rotatable bonds is 5. The quantitative estimate of drug-likeness (QED) is 0.703. The molecular weight excluding hydrogens is 328 g/mol. The summed E-state index contributed by atoms with van der Waals surface area (Å²) in [5.74, 6) is -2.25. The molecule has 1 saturated heterocycles. The van der Waals surface area contributed by atoms with Crippen LogP contribution in [0.1, 0.15) is 24.8 Å². The van der Waals surface area contributed by atoms with Crippen LogP contribution < -0.4 is 15.3 Å². The highest BCUT2D eigenvalue weighted by Crippen LogP contribution is 2.47. The molecule has 1 amide bonds. The van der Waals surface area contributed by atoms with Crippen molar-refractivity contribution in [3.8, 4) is 0 Å². The summed E-state index contributed by atoms with van der Waals surface area (Å²) in [6, 6.07) is 10.6. The van der Waals surface area contributed by atoms with E-state index in [2.05, 4.69) is 29.6 Å². The van der Waals surface area contributed by atoms with E-state index in [1.54, 1.807) is 0 Å². The molecule has 2 fully saturated rings. The number of hydrogen-bond donors (Lipinski definition) is 2. The Bertz CT molecular complexity index is 694. The van der Waals surface area contributed by atoms with Crippen molar-refractivity contribution in [3.63, 3.8) is 0 Å². The van der Waals surface area contributed by atoms with E-state index >= 15 is 0 Å². The fourth-order valence-corrected chi connectivity index (χ4v) is 5.03. The van der Waals surface area contributed by atoms with Gasteiger partial charge < -0.3 is 20.1 Å². The van der Waals surface area contributed by atoms with Crippen molar-refractivity contribution < 1.29 is 19.6 Å². The predicted octanol–water partition coefficient (Wildman–Crippen LogP) is -0.462. The van der Waals surface area contributed by atoms with Crippen molar-refractivity contribution >= 4 is 11.9 Å². The number of nitrogens with one attached hydrogen (secondary N) is 2. The summed E-state index contributed by atoms with van der Waals surface area (Å²) in [6.07, 6.45) is 6.62. The lowest BCUT2D eigenvalue weighted by Crippen LogP contribution is -3.12. The minimum atomic E-state index is -1.08. The normalized spacial score (nSPS) is 35.4. The van der Waals surface area contributed by atoms with Gasteiger partial charge in [0.15, 0.2) is 0 Å². The number of hydrogen-bond acceptors (Lipinski definition) is 3. The van der Waals surface area contributed by atoms with Crippen LogP contribution >= 0.6 is 0 Å². The van der Waals surface area contributed by atoms with Crippen LogP contribution in [0.4, 0.5) is 0 Å². The number of fused-ring (bicyclic) bond motifs is 2. The standard InChI is InChI=1S/C21H26N2O3/c24-20(18-15-6-7-16(12-15)19(18)21(25)26)22-17-8-10-23(11-9-17)13-14-4-2-1-3-5-14/h1-7,15-19H,8-13H2,(H,22,24)(H,25,26)/t15-,16+,18+,19+/m1/s1. The number of benzene rings is 1. The number of piperidine rings is 1. The van der Waals surface area contributed by atoms with E-state index < -0.39 is 17.8 Å². The molecule has 1 aromatic carbocycles. The van der Waals surface area contributed by atoms with E-state index in [1.807, 2.05) is 18.2 Å². The largest absolute Gasteiger partial charge is 0.550 e. The number of carbonyl (C=O) groups excluding carboxylic acids is 2. The van der Waals surface area contributed by atoms with Gasteiger partial charge in [0.1, 0.15) is 6.54 Å². The Morgan fingerprint density at radius 1 is 1.04 bits per heavy atom. The Hall–Kier alpha value is -2.14. The van der Waals surface area contributed by atoms with Crippen LogP contribution in [0.3, 0.4) is 0 Å². The molecule has 1 aliphatic heterocycles. The van der Waals surface area contributed by atoms with E-state index in [1.165, 1.54) is 10.5 Å². The third-order valence-electron chi connectivity index (χ3n) is 6.37. The molecule has 2 N–H and O–H groups in total.